The molecule has 4 aromatic heterocycles. The molecule has 5 aromatic rings. The maximum Gasteiger partial charge on any atom is 0.407 e. The number of H-pyrrole nitrogens is 1. The Morgan fingerprint density at radius 2 is 1.30 bits per heavy atom. The van der Waals surface area contributed by atoms with Crippen molar-refractivity contribution in [3.8, 4) is 21.6 Å². The van der Waals surface area contributed by atoms with Gasteiger partial charge < -0.3 is 39.3 Å². The highest BCUT2D eigenvalue weighted by atomic mass is 32.1. The van der Waals surface area contributed by atoms with Crippen molar-refractivity contribution in [2.45, 2.75) is 78.6 Å². The number of nitrogens with zero attached hydrogens (tertiary/aromatic N) is 5. The van der Waals surface area contributed by atoms with Crippen LogP contribution in [0.15, 0.2) is 54.9 Å². The predicted octanol–water partition coefficient (Wildman–Crippen LogP) is 7.19. The van der Waals surface area contributed by atoms with Crippen LogP contribution in [0, 0.1) is 23.7 Å². The van der Waals surface area contributed by atoms with Gasteiger partial charge in [0.05, 0.1) is 37.5 Å². The van der Waals surface area contributed by atoms with Crippen LogP contribution in [0.1, 0.15) is 78.0 Å². The molecule has 6 atom stereocenters. The Balaban J connectivity index is 1.06. The third-order valence-corrected chi connectivity index (χ3v) is 12.3. The van der Waals surface area contributed by atoms with Crippen LogP contribution in [0.25, 0.3) is 37.6 Å². The van der Waals surface area contributed by atoms with Crippen molar-refractivity contribution in [3.05, 3.63) is 66.4 Å². The fourth-order valence-corrected chi connectivity index (χ4v) is 9.18. The van der Waals surface area contributed by atoms with Crippen molar-refractivity contribution in [2.75, 3.05) is 27.3 Å². The van der Waals surface area contributed by atoms with Crippen LogP contribution in [0.5, 0.6) is 0 Å². The van der Waals surface area contributed by atoms with Crippen LogP contribution in [0.2, 0.25) is 0 Å². The number of carbonyl (C=O) groups excluding carboxylic acids is 4. The molecule has 57 heavy (non-hydrogen) atoms. The summed E-state index contributed by atoms with van der Waals surface area (Å²) in [5.74, 6) is 0.850. The van der Waals surface area contributed by atoms with E-state index < -0.39 is 24.3 Å². The van der Waals surface area contributed by atoms with Gasteiger partial charge in [-0.1, -0.05) is 65.8 Å². The highest BCUT2D eigenvalue weighted by Gasteiger charge is 2.41. The van der Waals surface area contributed by atoms with Gasteiger partial charge in [0, 0.05) is 30.4 Å². The summed E-state index contributed by atoms with van der Waals surface area (Å²) in [6.45, 7) is 13.1. The number of aromatic amines is 1. The Hall–Kier alpha value is -5.44. The molecule has 0 unspecified atom stereocenters. The number of thiophene rings is 1. The molecule has 0 radical (unpaired) electrons. The summed E-state index contributed by atoms with van der Waals surface area (Å²) in [6, 6.07) is 12.8. The number of pyridine rings is 1. The number of ether oxygens (including phenoxy) is 2. The summed E-state index contributed by atoms with van der Waals surface area (Å²) in [7, 11) is 2.59. The average Bonchev–Trinajstić information content (AvgIpc) is 4.02. The summed E-state index contributed by atoms with van der Waals surface area (Å²) in [5.41, 5.74) is 5.70. The van der Waals surface area contributed by atoms with Gasteiger partial charge in [0.1, 0.15) is 28.4 Å². The van der Waals surface area contributed by atoms with Gasteiger partial charge in [0.2, 0.25) is 11.8 Å². The highest BCUT2D eigenvalue weighted by molar-refractivity contribution is 7.21. The highest BCUT2D eigenvalue weighted by Crippen LogP contribution is 2.40. The third-order valence-electron chi connectivity index (χ3n) is 11.2. The quantitative estimate of drug-likeness (QED) is 0.134. The van der Waals surface area contributed by atoms with Crippen molar-refractivity contribution >= 4 is 51.3 Å². The number of hydrogen-bond donors (Lipinski definition) is 3. The number of alkyl carbamates (subject to hydrolysis) is 2. The smallest absolute Gasteiger partial charge is 0.407 e. The number of methoxy groups -OCH3 is 2. The molecule has 7 rings (SSSR count). The van der Waals surface area contributed by atoms with Crippen LogP contribution in [-0.2, 0) is 19.1 Å². The van der Waals surface area contributed by atoms with Crippen molar-refractivity contribution in [2.24, 2.45) is 23.7 Å². The van der Waals surface area contributed by atoms with Gasteiger partial charge in [0.25, 0.3) is 0 Å². The van der Waals surface area contributed by atoms with Gasteiger partial charge in [-0.3, -0.25) is 9.59 Å². The van der Waals surface area contributed by atoms with Gasteiger partial charge in [0.15, 0.2) is 0 Å². The Morgan fingerprint density at radius 3 is 1.86 bits per heavy atom. The lowest BCUT2D eigenvalue weighted by atomic mass is 10.0. The maximum atomic E-state index is 13.8. The summed E-state index contributed by atoms with van der Waals surface area (Å²) in [4.78, 5) is 70.6. The number of carbonyl (C=O) groups is 4. The van der Waals surface area contributed by atoms with E-state index in [1.807, 2.05) is 54.2 Å². The van der Waals surface area contributed by atoms with Crippen molar-refractivity contribution in [1.82, 2.24) is 39.8 Å². The first-order valence-electron chi connectivity index (χ1n) is 19.6. The summed E-state index contributed by atoms with van der Waals surface area (Å²) < 4.78 is 11.6. The van der Waals surface area contributed by atoms with E-state index in [4.69, 9.17) is 19.4 Å². The molecule has 3 N–H and O–H groups in total. The number of likely N-dealkylation sites (tertiary alicyclic amines) is 2. The molecular formula is C42H52N8O6S. The van der Waals surface area contributed by atoms with E-state index in [1.165, 1.54) is 14.2 Å². The molecule has 4 amide bonds. The van der Waals surface area contributed by atoms with Crippen molar-refractivity contribution in [3.63, 3.8) is 0 Å². The van der Waals surface area contributed by atoms with E-state index in [-0.39, 0.29) is 47.6 Å². The molecule has 0 spiro atoms. The Kier molecular flexibility index (Phi) is 11.3. The molecular weight excluding hydrogens is 745 g/mol. The largest absolute Gasteiger partial charge is 0.453 e. The second-order valence-corrected chi connectivity index (χ2v) is 17.3. The zero-order chi connectivity index (χ0) is 40.7. The first kappa shape index (κ1) is 39.8. The summed E-state index contributed by atoms with van der Waals surface area (Å²) >= 11 is 1.60. The van der Waals surface area contributed by atoms with Gasteiger partial charge in [-0.2, -0.15) is 0 Å². The number of benzene rings is 1. The summed E-state index contributed by atoms with van der Waals surface area (Å²) in [6.07, 6.45) is 4.39. The number of imidazole rings is 2. The first-order valence-corrected chi connectivity index (χ1v) is 20.4. The SMILES string of the molecule is COC(=O)N[C@H](C(=O)N1C[C@@H](C)C[C@H]1c1nc2sc(-c3ccc(-c4ccc5nc([C@@H]6C[C@H](C)CN6C(=O)[C@H](NC(=O)OC)C(C)C)cn5c4)cc3)cc2[nH]1)C(C)C. The molecule has 15 heteroatoms. The molecule has 2 fully saturated rings. The molecule has 14 nitrogen and oxygen atoms in total. The third kappa shape index (κ3) is 8.07. The van der Waals surface area contributed by atoms with Crippen LogP contribution in [-0.4, -0.2) is 92.5 Å². The zero-order valence-corrected chi connectivity index (χ0v) is 34.6. The molecule has 302 valence electrons. The minimum Gasteiger partial charge on any atom is -0.453 e. The Labute approximate surface area is 336 Å². The number of nitrogens with one attached hydrogen (secondary N) is 3. The van der Waals surface area contributed by atoms with Crippen LogP contribution in [0.3, 0.4) is 0 Å². The molecule has 6 heterocycles. The predicted molar refractivity (Wildman–Crippen MR) is 218 cm³/mol. The Morgan fingerprint density at radius 1 is 0.754 bits per heavy atom. The molecule has 2 aliphatic heterocycles. The molecule has 2 aliphatic rings. The fourth-order valence-electron chi connectivity index (χ4n) is 8.17. The number of hydrogen-bond acceptors (Lipinski definition) is 9. The fraction of sp³-hybridized carbons (Fsp3) is 0.476. The van der Waals surface area contributed by atoms with E-state index in [9.17, 15) is 19.2 Å². The summed E-state index contributed by atoms with van der Waals surface area (Å²) in [5, 5.41) is 5.44. The molecule has 0 bridgehead atoms. The lowest BCUT2D eigenvalue weighted by Gasteiger charge is -2.30. The van der Waals surface area contributed by atoms with Gasteiger partial charge in [-0.25, -0.2) is 19.6 Å². The van der Waals surface area contributed by atoms with E-state index in [0.717, 1.165) is 61.9 Å². The number of fused-ring (bicyclic) bond motifs is 2. The second kappa shape index (κ2) is 16.2. The lowest BCUT2D eigenvalue weighted by Crippen LogP contribution is -2.51. The molecule has 2 saturated heterocycles. The molecule has 0 aliphatic carbocycles. The number of aromatic nitrogens is 4. The van der Waals surface area contributed by atoms with E-state index in [0.29, 0.717) is 13.1 Å². The Bertz CT molecular complexity index is 2250. The first-order chi connectivity index (χ1) is 27.2. The van der Waals surface area contributed by atoms with Crippen molar-refractivity contribution < 1.29 is 28.7 Å². The van der Waals surface area contributed by atoms with Crippen LogP contribution >= 0.6 is 11.3 Å². The minimum absolute atomic E-state index is 0.109. The van der Waals surface area contributed by atoms with Gasteiger partial charge in [-0.15, -0.1) is 11.3 Å². The van der Waals surface area contributed by atoms with Crippen molar-refractivity contribution in [1.29, 1.82) is 0 Å². The van der Waals surface area contributed by atoms with Gasteiger partial charge >= 0.3 is 12.2 Å². The van der Waals surface area contributed by atoms with E-state index in [2.05, 4.69) is 72.1 Å². The van der Waals surface area contributed by atoms with E-state index in [1.54, 1.807) is 11.3 Å². The normalized spacial score (nSPS) is 20.7. The zero-order valence-electron chi connectivity index (χ0n) is 33.7. The number of rotatable bonds is 10. The van der Waals surface area contributed by atoms with Crippen LogP contribution in [0.4, 0.5) is 9.59 Å². The monoisotopic (exact) mass is 796 g/mol. The van der Waals surface area contributed by atoms with Crippen LogP contribution < -0.4 is 10.6 Å². The standard InChI is InChI=1S/C42H52N8O6S/c1-22(2)35(45-41(53)55-7)39(51)49-18-24(5)15-31(49)30-21-48-20-28(13-14-34(48)43-30)26-9-11-27(12-10-26)33-17-29-38(57-33)47-37(44-29)32-16-25(6)19-50(32)40(52)36(23(3)4)46-42(54)56-8/h9-14,17,20-25,31-32,35-36H,15-16,18-19H2,1-8H3,(H,44,47)(H,45,53)(H,46,54)/t24-,25-,31-,32-,35+,36-/m0/s1. The minimum atomic E-state index is -0.695. The maximum absolute atomic E-state index is 13.8. The number of amides is 4. The average molecular weight is 797 g/mol. The molecule has 1 aromatic carbocycles. The second-order valence-electron chi connectivity index (χ2n) is 16.3. The topological polar surface area (TPSA) is 163 Å². The molecule has 0 saturated carbocycles. The van der Waals surface area contributed by atoms with E-state index >= 15 is 0 Å². The lowest BCUT2D eigenvalue weighted by molar-refractivity contribution is -0.136. The van der Waals surface area contributed by atoms with Gasteiger partial charge in [-0.05, 0) is 71.4 Å².